The van der Waals surface area contributed by atoms with E-state index in [4.69, 9.17) is 5.73 Å². The number of hydrogen-bond acceptors (Lipinski definition) is 2. The highest BCUT2D eigenvalue weighted by atomic mass is 15.2. The van der Waals surface area contributed by atoms with Crippen LogP contribution in [0.4, 0.5) is 5.69 Å². The molecule has 1 heterocycles. The Bertz CT molecular complexity index is 408. The zero-order valence-electron chi connectivity index (χ0n) is 11.2. The molecule has 98 valence electrons. The van der Waals surface area contributed by atoms with Crippen molar-refractivity contribution in [3.05, 3.63) is 29.3 Å². The third-order valence-corrected chi connectivity index (χ3v) is 4.53. The Kier molecular flexibility index (Phi) is 3.55. The highest BCUT2D eigenvalue weighted by molar-refractivity contribution is 5.60. The molecule has 18 heavy (non-hydrogen) atoms. The van der Waals surface area contributed by atoms with Crippen LogP contribution in [0, 0.1) is 0 Å². The van der Waals surface area contributed by atoms with Gasteiger partial charge >= 0.3 is 0 Å². The minimum atomic E-state index is 0.752. The van der Waals surface area contributed by atoms with Crippen LogP contribution in [0.25, 0.3) is 0 Å². The molecule has 2 nitrogen and oxygen atoms in total. The summed E-state index contributed by atoms with van der Waals surface area (Å²) in [4.78, 5) is 2.68. The Hall–Kier alpha value is -1.02. The lowest BCUT2D eigenvalue weighted by molar-refractivity contribution is 0.420. The molecule has 2 N–H and O–H groups in total. The summed E-state index contributed by atoms with van der Waals surface area (Å²) in [6.45, 7) is 1.98. The lowest BCUT2D eigenvalue weighted by Crippen LogP contribution is -2.35. The van der Waals surface area contributed by atoms with Gasteiger partial charge in [0.05, 0.1) is 0 Å². The van der Waals surface area contributed by atoms with E-state index < -0.39 is 0 Å². The van der Waals surface area contributed by atoms with Crippen molar-refractivity contribution in [2.75, 3.05) is 18.0 Å². The Morgan fingerprint density at radius 3 is 2.78 bits per heavy atom. The van der Waals surface area contributed by atoms with Crippen molar-refractivity contribution < 1.29 is 0 Å². The Morgan fingerprint density at radius 1 is 1.17 bits per heavy atom. The van der Waals surface area contributed by atoms with Crippen molar-refractivity contribution in [3.63, 3.8) is 0 Å². The highest BCUT2D eigenvalue weighted by Gasteiger charge is 2.27. The van der Waals surface area contributed by atoms with Crippen LogP contribution >= 0.6 is 0 Å². The molecule has 0 bridgehead atoms. The Balaban J connectivity index is 1.82. The molecule has 0 radical (unpaired) electrons. The van der Waals surface area contributed by atoms with Gasteiger partial charge in [-0.05, 0) is 49.4 Å². The molecule has 1 saturated carbocycles. The molecule has 2 aliphatic rings. The van der Waals surface area contributed by atoms with Crippen LogP contribution in [-0.4, -0.2) is 19.1 Å². The standard InChI is InChI=1S/C16H24N2/c17-10-8-13-6-7-14-9-11-18(16(14)12-13)15-4-2-1-3-5-15/h6-7,12,15H,1-5,8-11,17H2. The zero-order chi connectivity index (χ0) is 12.4. The molecular weight excluding hydrogens is 220 g/mol. The van der Waals surface area contributed by atoms with Gasteiger partial charge in [0.15, 0.2) is 0 Å². The van der Waals surface area contributed by atoms with Crippen molar-refractivity contribution in [2.45, 2.75) is 51.0 Å². The number of nitrogens with two attached hydrogens (primary N) is 1. The average Bonchev–Trinajstić information content (AvgIpc) is 2.83. The van der Waals surface area contributed by atoms with E-state index in [1.165, 1.54) is 56.3 Å². The highest BCUT2D eigenvalue weighted by Crippen LogP contribution is 2.35. The van der Waals surface area contributed by atoms with Gasteiger partial charge in [-0.25, -0.2) is 0 Å². The second kappa shape index (κ2) is 5.31. The summed E-state index contributed by atoms with van der Waals surface area (Å²) in [6.07, 6.45) is 9.28. The number of fused-ring (bicyclic) bond motifs is 1. The zero-order valence-corrected chi connectivity index (χ0v) is 11.2. The van der Waals surface area contributed by atoms with Crippen LogP contribution in [0.1, 0.15) is 43.2 Å². The van der Waals surface area contributed by atoms with Crippen molar-refractivity contribution in [2.24, 2.45) is 5.73 Å². The molecule has 0 saturated heterocycles. The van der Waals surface area contributed by atoms with Crippen LogP contribution in [0.2, 0.25) is 0 Å². The molecule has 1 fully saturated rings. The first-order valence-corrected chi connectivity index (χ1v) is 7.47. The fraction of sp³-hybridized carbons (Fsp3) is 0.625. The van der Waals surface area contributed by atoms with Crippen molar-refractivity contribution in [3.8, 4) is 0 Å². The van der Waals surface area contributed by atoms with E-state index in [1.807, 2.05) is 0 Å². The molecule has 1 aromatic rings. The van der Waals surface area contributed by atoms with Gasteiger partial charge in [-0.2, -0.15) is 0 Å². The van der Waals surface area contributed by atoms with E-state index in [0.717, 1.165) is 19.0 Å². The molecule has 1 aromatic carbocycles. The maximum Gasteiger partial charge on any atom is 0.0404 e. The Labute approximate surface area is 110 Å². The van der Waals surface area contributed by atoms with Gasteiger partial charge in [0.2, 0.25) is 0 Å². The predicted octanol–water partition coefficient (Wildman–Crippen LogP) is 2.88. The number of hydrogen-bond donors (Lipinski definition) is 1. The average molecular weight is 244 g/mol. The normalized spacial score (nSPS) is 20.2. The maximum atomic E-state index is 5.67. The first kappa shape index (κ1) is 12.0. The minimum absolute atomic E-state index is 0.752. The molecule has 3 rings (SSSR count). The quantitative estimate of drug-likeness (QED) is 0.886. The maximum absolute atomic E-state index is 5.67. The molecular formula is C16H24N2. The lowest BCUT2D eigenvalue weighted by atomic mass is 9.94. The summed E-state index contributed by atoms with van der Waals surface area (Å²) in [6, 6.07) is 7.77. The molecule has 0 amide bonds. The topological polar surface area (TPSA) is 29.3 Å². The van der Waals surface area contributed by atoms with Crippen LogP contribution < -0.4 is 10.6 Å². The number of anilines is 1. The first-order chi connectivity index (χ1) is 8.88. The van der Waals surface area contributed by atoms with E-state index in [0.29, 0.717) is 0 Å². The number of rotatable bonds is 3. The van der Waals surface area contributed by atoms with Crippen LogP contribution in [-0.2, 0) is 12.8 Å². The molecule has 0 aromatic heterocycles. The van der Waals surface area contributed by atoms with Crippen molar-refractivity contribution in [1.29, 1.82) is 0 Å². The van der Waals surface area contributed by atoms with E-state index in [-0.39, 0.29) is 0 Å². The van der Waals surface area contributed by atoms with Crippen LogP contribution in [0.3, 0.4) is 0 Å². The van der Waals surface area contributed by atoms with E-state index in [1.54, 1.807) is 5.56 Å². The fourth-order valence-corrected chi connectivity index (χ4v) is 3.54. The summed E-state index contributed by atoms with van der Waals surface area (Å²) in [5.74, 6) is 0. The summed E-state index contributed by atoms with van der Waals surface area (Å²) in [5, 5.41) is 0. The van der Waals surface area contributed by atoms with Crippen molar-refractivity contribution in [1.82, 2.24) is 0 Å². The molecule has 1 aliphatic carbocycles. The summed E-state index contributed by atoms with van der Waals surface area (Å²) >= 11 is 0. The third-order valence-electron chi connectivity index (χ3n) is 4.53. The van der Waals surface area contributed by atoms with Gasteiger partial charge in [-0.15, -0.1) is 0 Å². The van der Waals surface area contributed by atoms with E-state index in [2.05, 4.69) is 23.1 Å². The SMILES string of the molecule is NCCc1ccc2c(c1)N(C1CCCCC1)CC2. The molecule has 2 heteroatoms. The minimum Gasteiger partial charge on any atom is -0.368 e. The number of nitrogens with zero attached hydrogens (tertiary/aromatic N) is 1. The van der Waals surface area contributed by atoms with Gasteiger partial charge in [0, 0.05) is 18.3 Å². The second-order valence-electron chi connectivity index (χ2n) is 5.74. The smallest absolute Gasteiger partial charge is 0.0404 e. The summed E-state index contributed by atoms with van der Waals surface area (Å²) < 4.78 is 0. The van der Waals surface area contributed by atoms with Gasteiger partial charge in [-0.3, -0.25) is 0 Å². The third kappa shape index (κ3) is 2.26. The van der Waals surface area contributed by atoms with Crippen LogP contribution in [0.5, 0.6) is 0 Å². The monoisotopic (exact) mass is 244 g/mol. The second-order valence-corrected chi connectivity index (χ2v) is 5.74. The van der Waals surface area contributed by atoms with Gasteiger partial charge in [0.25, 0.3) is 0 Å². The predicted molar refractivity (Wildman–Crippen MR) is 77.1 cm³/mol. The van der Waals surface area contributed by atoms with E-state index >= 15 is 0 Å². The lowest BCUT2D eigenvalue weighted by Gasteiger charge is -2.33. The fourth-order valence-electron chi connectivity index (χ4n) is 3.54. The van der Waals surface area contributed by atoms with Gasteiger partial charge < -0.3 is 10.6 Å². The summed E-state index contributed by atoms with van der Waals surface area (Å²) in [5.41, 5.74) is 10.1. The summed E-state index contributed by atoms with van der Waals surface area (Å²) in [7, 11) is 0. The van der Waals surface area contributed by atoms with Gasteiger partial charge in [-0.1, -0.05) is 31.4 Å². The largest absolute Gasteiger partial charge is 0.368 e. The molecule has 0 unspecified atom stereocenters. The van der Waals surface area contributed by atoms with Gasteiger partial charge in [0.1, 0.15) is 0 Å². The van der Waals surface area contributed by atoms with Crippen LogP contribution in [0.15, 0.2) is 18.2 Å². The van der Waals surface area contributed by atoms with E-state index in [9.17, 15) is 0 Å². The molecule has 0 spiro atoms. The Morgan fingerprint density at radius 2 is 2.00 bits per heavy atom. The molecule has 0 atom stereocenters. The number of benzene rings is 1. The first-order valence-electron chi connectivity index (χ1n) is 7.47. The van der Waals surface area contributed by atoms with Crippen molar-refractivity contribution >= 4 is 5.69 Å². The molecule has 1 aliphatic heterocycles.